The molecule has 0 aliphatic heterocycles. The largest absolute Gasteiger partial charge is 0.399 e. The van der Waals surface area contributed by atoms with Gasteiger partial charge in [-0.25, -0.2) is 0 Å². The summed E-state index contributed by atoms with van der Waals surface area (Å²) >= 11 is 0. The molecule has 0 atom stereocenters. The first kappa shape index (κ1) is 16.7. The lowest BCUT2D eigenvalue weighted by Crippen LogP contribution is -2.35. The molecule has 1 aromatic carbocycles. The number of nitrogen functional groups attached to an aromatic ring is 1. The van der Waals surface area contributed by atoms with Crippen molar-refractivity contribution in [1.82, 2.24) is 4.90 Å². The van der Waals surface area contributed by atoms with E-state index < -0.39 is 0 Å². The lowest BCUT2D eigenvalue weighted by atomic mass is 10.0. The molecule has 0 heterocycles. The van der Waals surface area contributed by atoms with Crippen molar-refractivity contribution in [3.05, 3.63) is 29.3 Å². The van der Waals surface area contributed by atoms with E-state index in [0.29, 0.717) is 25.3 Å². The maximum Gasteiger partial charge on any atom is 0.254 e. The van der Waals surface area contributed by atoms with Gasteiger partial charge in [0.25, 0.3) is 5.91 Å². The second-order valence-corrected chi connectivity index (χ2v) is 3.94. The summed E-state index contributed by atoms with van der Waals surface area (Å²) in [5.74, 6) is 0.0369. The number of likely N-dealkylation sites (N-methyl/N-ethyl adjacent to an activating group) is 1. The Bertz CT molecular complexity index is 396. The number of benzene rings is 1. The van der Waals surface area contributed by atoms with Crippen LogP contribution in [0.15, 0.2) is 18.2 Å². The fourth-order valence-corrected chi connectivity index (χ4v) is 1.84. The first-order chi connectivity index (χ1) is 8.13. The number of anilines is 1. The Balaban J connectivity index is 0.00000289. The zero-order valence-corrected chi connectivity index (χ0v) is 11.8. The van der Waals surface area contributed by atoms with E-state index in [2.05, 4.69) is 0 Å². The molecule has 0 spiro atoms. The summed E-state index contributed by atoms with van der Waals surface area (Å²) in [6, 6.07) is 5.43. The van der Waals surface area contributed by atoms with Gasteiger partial charge in [0.15, 0.2) is 0 Å². The van der Waals surface area contributed by atoms with Crippen LogP contribution in [0.5, 0.6) is 0 Å². The average molecular weight is 272 g/mol. The minimum absolute atomic E-state index is 0. The number of carbonyl (C=O) groups is 1. The second kappa shape index (κ2) is 7.95. The molecule has 0 unspecified atom stereocenters. The van der Waals surface area contributed by atoms with Crippen LogP contribution >= 0.6 is 12.4 Å². The smallest absolute Gasteiger partial charge is 0.254 e. The summed E-state index contributed by atoms with van der Waals surface area (Å²) in [4.78, 5) is 14.0. The van der Waals surface area contributed by atoms with E-state index in [1.54, 1.807) is 17.0 Å². The number of amides is 1. The summed E-state index contributed by atoms with van der Waals surface area (Å²) in [5.41, 5.74) is 13.6. The Labute approximate surface area is 115 Å². The third kappa shape index (κ3) is 3.89. The van der Waals surface area contributed by atoms with Gasteiger partial charge in [-0.2, -0.15) is 0 Å². The fraction of sp³-hybridized carbons (Fsp3) is 0.462. The summed E-state index contributed by atoms with van der Waals surface area (Å²) in [6.45, 7) is 5.71. The summed E-state index contributed by atoms with van der Waals surface area (Å²) in [5, 5.41) is 0. The lowest BCUT2D eigenvalue weighted by molar-refractivity contribution is 0.0768. The van der Waals surface area contributed by atoms with Crippen molar-refractivity contribution >= 4 is 24.0 Å². The highest BCUT2D eigenvalue weighted by Gasteiger charge is 2.16. The van der Waals surface area contributed by atoms with Crippen LogP contribution < -0.4 is 11.5 Å². The van der Waals surface area contributed by atoms with E-state index in [4.69, 9.17) is 11.5 Å². The summed E-state index contributed by atoms with van der Waals surface area (Å²) in [6.07, 6.45) is 0.798. The minimum atomic E-state index is 0. The quantitative estimate of drug-likeness (QED) is 0.800. The van der Waals surface area contributed by atoms with Crippen molar-refractivity contribution in [3.63, 3.8) is 0 Å². The molecule has 1 amide bonds. The van der Waals surface area contributed by atoms with E-state index in [0.717, 1.165) is 17.5 Å². The number of carbonyl (C=O) groups excluding carboxylic acids is 1. The van der Waals surface area contributed by atoms with Gasteiger partial charge in [0.1, 0.15) is 0 Å². The van der Waals surface area contributed by atoms with Crippen LogP contribution in [0.1, 0.15) is 29.8 Å². The molecule has 0 aromatic heterocycles. The standard InChI is InChI=1S/C13H21N3O.ClH/c1-3-10-9-11(15)5-6-12(10)13(17)16(4-2)8-7-14;/h5-6,9H,3-4,7-8,14-15H2,1-2H3;1H. The monoisotopic (exact) mass is 271 g/mol. The molecule has 1 rings (SSSR count). The maximum absolute atomic E-state index is 12.3. The van der Waals surface area contributed by atoms with Crippen LogP contribution in [0, 0.1) is 0 Å². The minimum Gasteiger partial charge on any atom is -0.399 e. The van der Waals surface area contributed by atoms with E-state index in [-0.39, 0.29) is 18.3 Å². The third-order valence-electron chi connectivity index (χ3n) is 2.81. The lowest BCUT2D eigenvalue weighted by Gasteiger charge is -2.21. The van der Waals surface area contributed by atoms with Crippen LogP contribution in [-0.4, -0.2) is 30.4 Å². The Morgan fingerprint density at radius 3 is 2.50 bits per heavy atom. The molecule has 102 valence electrons. The molecule has 0 radical (unpaired) electrons. The Hall–Kier alpha value is -1.26. The van der Waals surface area contributed by atoms with Gasteiger partial charge in [-0.15, -0.1) is 12.4 Å². The molecule has 5 heteroatoms. The van der Waals surface area contributed by atoms with Crippen LogP contribution in [0.25, 0.3) is 0 Å². The van der Waals surface area contributed by atoms with Crippen molar-refractivity contribution in [2.45, 2.75) is 20.3 Å². The highest BCUT2D eigenvalue weighted by atomic mass is 35.5. The number of nitrogens with two attached hydrogens (primary N) is 2. The SMILES string of the molecule is CCc1cc(N)ccc1C(=O)N(CC)CCN.Cl. The first-order valence-corrected chi connectivity index (χ1v) is 6.01. The first-order valence-electron chi connectivity index (χ1n) is 6.01. The van der Waals surface area contributed by atoms with Crippen LogP contribution in [0.4, 0.5) is 5.69 Å². The number of nitrogens with zero attached hydrogens (tertiary/aromatic N) is 1. The van der Waals surface area contributed by atoms with Gasteiger partial charge in [-0.1, -0.05) is 6.92 Å². The molecular weight excluding hydrogens is 250 g/mol. The van der Waals surface area contributed by atoms with Crippen molar-refractivity contribution in [2.75, 3.05) is 25.4 Å². The maximum atomic E-state index is 12.3. The Morgan fingerprint density at radius 1 is 1.33 bits per heavy atom. The van der Waals surface area contributed by atoms with E-state index in [9.17, 15) is 4.79 Å². The molecule has 18 heavy (non-hydrogen) atoms. The molecule has 1 aromatic rings. The zero-order chi connectivity index (χ0) is 12.8. The summed E-state index contributed by atoms with van der Waals surface area (Å²) < 4.78 is 0. The molecule has 0 saturated carbocycles. The van der Waals surface area contributed by atoms with Crippen molar-refractivity contribution < 1.29 is 4.79 Å². The average Bonchev–Trinajstić information content (AvgIpc) is 2.34. The highest BCUT2D eigenvalue weighted by Crippen LogP contribution is 2.16. The summed E-state index contributed by atoms with van der Waals surface area (Å²) in [7, 11) is 0. The van der Waals surface area contributed by atoms with E-state index in [1.807, 2.05) is 19.9 Å². The molecule has 0 saturated heterocycles. The topological polar surface area (TPSA) is 72.4 Å². The number of aryl methyl sites for hydroxylation is 1. The molecule has 0 bridgehead atoms. The van der Waals surface area contributed by atoms with Crippen LogP contribution in [0.3, 0.4) is 0 Å². The van der Waals surface area contributed by atoms with Crippen molar-refractivity contribution in [1.29, 1.82) is 0 Å². The van der Waals surface area contributed by atoms with Gasteiger partial charge in [-0.05, 0) is 37.1 Å². The van der Waals surface area contributed by atoms with Gasteiger partial charge in [0.2, 0.25) is 0 Å². The highest BCUT2D eigenvalue weighted by molar-refractivity contribution is 5.96. The van der Waals surface area contributed by atoms with Gasteiger partial charge < -0.3 is 16.4 Å². The van der Waals surface area contributed by atoms with E-state index in [1.165, 1.54) is 0 Å². The predicted molar refractivity (Wildman–Crippen MR) is 78.1 cm³/mol. The predicted octanol–water partition coefficient (Wildman–Crippen LogP) is 1.67. The number of hydrogen-bond donors (Lipinski definition) is 2. The molecule has 4 N–H and O–H groups in total. The second-order valence-electron chi connectivity index (χ2n) is 3.94. The van der Waals surface area contributed by atoms with Gasteiger partial charge in [0.05, 0.1) is 0 Å². The Kier molecular flexibility index (Phi) is 7.39. The van der Waals surface area contributed by atoms with E-state index >= 15 is 0 Å². The fourth-order valence-electron chi connectivity index (χ4n) is 1.84. The molecule has 4 nitrogen and oxygen atoms in total. The normalized spacial score (nSPS) is 9.72. The molecule has 0 fully saturated rings. The molecular formula is C13H22ClN3O. The molecule has 0 aliphatic carbocycles. The molecule has 0 aliphatic rings. The third-order valence-corrected chi connectivity index (χ3v) is 2.81. The van der Waals surface area contributed by atoms with Crippen molar-refractivity contribution in [3.8, 4) is 0 Å². The van der Waals surface area contributed by atoms with Gasteiger partial charge >= 0.3 is 0 Å². The number of rotatable bonds is 5. The van der Waals surface area contributed by atoms with Crippen LogP contribution in [0.2, 0.25) is 0 Å². The van der Waals surface area contributed by atoms with Crippen LogP contribution in [-0.2, 0) is 6.42 Å². The van der Waals surface area contributed by atoms with Gasteiger partial charge in [-0.3, -0.25) is 4.79 Å². The zero-order valence-electron chi connectivity index (χ0n) is 11.0. The van der Waals surface area contributed by atoms with Gasteiger partial charge in [0, 0.05) is 30.9 Å². The number of hydrogen-bond acceptors (Lipinski definition) is 3. The Morgan fingerprint density at radius 2 is 2.00 bits per heavy atom. The number of halogens is 1. The van der Waals surface area contributed by atoms with Crippen molar-refractivity contribution in [2.24, 2.45) is 5.73 Å².